The van der Waals surface area contributed by atoms with Gasteiger partial charge in [-0.3, -0.25) is 9.52 Å². The van der Waals surface area contributed by atoms with Crippen LogP contribution in [-0.4, -0.2) is 18.9 Å². The topological polar surface area (TPSA) is 79.0 Å². The second-order valence-corrected chi connectivity index (χ2v) is 6.43. The summed E-state index contributed by atoms with van der Waals surface area (Å²) in [6, 6.07) is 3.54. The van der Waals surface area contributed by atoms with Crippen molar-refractivity contribution in [3.63, 3.8) is 0 Å². The predicted octanol–water partition coefficient (Wildman–Crippen LogP) is 3.10. The normalized spacial score (nSPS) is 12.6. The Hall–Kier alpha value is -1.45. The van der Waals surface area contributed by atoms with E-state index in [0.717, 1.165) is 6.07 Å². The van der Waals surface area contributed by atoms with Crippen molar-refractivity contribution in [1.82, 2.24) is 4.98 Å². The largest absolute Gasteiger partial charge is 0.516 e. The van der Waals surface area contributed by atoms with Gasteiger partial charge in [-0.25, -0.2) is 0 Å². The number of fused-ring (bicyclic) bond motifs is 1. The number of nitrogens with one attached hydrogen (secondary N) is 2. The summed E-state index contributed by atoms with van der Waals surface area (Å²) in [5, 5.41) is 0.413. The number of rotatable bonds is 2. The first kappa shape index (κ1) is 15.9. The van der Waals surface area contributed by atoms with Crippen molar-refractivity contribution in [1.29, 1.82) is 0 Å². The first-order valence-electron chi connectivity index (χ1n) is 5.12. The number of sulfonamides is 1. The zero-order chi connectivity index (χ0) is 16.0. The molecule has 2 rings (SSSR count). The molecular weight excluding hydrogens is 356 g/mol. The molecule has 0 aliphatic heterocycles. The second-order valence-electron chi connectivity index (χ2n) is 3.92. The minimum atomic E-state index is -5.70. The molecule has 0 atom stereocenters. The fourth-order valence-electron chi connectivity index (χ4n) is 1.52. The molecule has 0 aliphatic rings. The van der Waals surface area contributed by atoms with E-state index in [9.17, 15) is 26.4 Å². The molecule has 0 aliphatic carbocycles. The fourth-order valence-corrected chi connectivity index (χ4v) is 2.63. The highest BCUT2D eigenvalue weighted by molar-refractivity contribution is 7.93. The molecule has 2 N–H and O–H groups in total. The lowest BCUT2D eigenvalue weighted by molar-refractivity contribution is -0.0429. The van der Waals surface area contributed by atoms with Crippen molar-refractivity contribution in [2.75, 3.05) is 4.72 Å². The smallest absolute Gasteiger partial charge is 0.319 e. The lowest BCUT2D eigenvalue weighted by Gasteiger charge is -2.11. The highest BCUT2D eigenvalue weighted by atomic mass is 35.5. The van der Waals surface area contributed by atoms with E-state index in [0.29, 0.717) is 0 Å². The summed E-state index contributed by atoms with van der Waals surface area (Å²) < 4.78 is 60.0. The highest BCUT2D eigenvalue weighted by Crippen LogP contribution is 2.28. The quantitative estimate of drug-likeness (QED) is 0.863. The number of aromatic amines is 1. The number of halogens is 5. The van der Waals surface area contributed by atoms with Gasteiger partial charge < -0.3 is 4.98 Å². The van der Waals surface area contributed by atoms with E-state index in [2.05, 4.69) is 4.98 Å². The molecule has 1 aromatic carbocycles. The number of H-pyrrole nitrogens is 1. The second kappa shape index (κ2) is 5.08. The zero-order valence-electron chi connectivity index (χ0n) is 9.75. The number of hydrogen-bond acceptors (Lipinski definition) is 3. The first-order chi connectivity index (χ1) is 9.51. The van der Waals surface area contributed by atoms with Crippen molar-refractivity contribution < 1.29 is 21.6 Å². The molecule has 114 valence electrons. The Bertz CT molecular complexity index is 877. The van der Waals surface area contributed by atoms with Gasteiger partial charge >= 0.3 is 15.5 Å². The third kappa shape index (κ3) is 3.09. The minimum Gasteiger partial charge on any atom is -0.319 e. The Morgan fingerprint density at radius 2 is 1.76 bits per heavy atom. The molecule has 21 heavy (non-hydrogen) atoms. The summed E-state index contributed by atoms with van der Waals surface area (Å²) in [7, 11) is -5.70. The number of pyridine rings is 1. The van der Waals surface area contributed by atoms with Crippen LogP contribution in [-0.2, 0) is 10.0 Å². The lowest BCUT2D eigenvalue weighted by Crippen LogP contribution is -2.32. The van der Waals surface area contributed by atoms with Gasteiger partial charge in [0.2, 0.25) is 0 Å². The highest BCUT2D eigenvalue weighted by Gasteiger charge is 2.46. The van der Waals surface area contributed by atoms with Gasteiger partial charge in [-0.2, -0.15) is 21.6 Å². The monoisotopic (exact) mass is 360 g/mol. The molecule has 0 unspecified atom stereocenters. The molecule has 0 fully saturated rings. The predicted molar refractivity (Wildman–Crippen MR) is 73.2 cm³/mol. The van der Waals surface area contributed by atoms with Crippen molar-refractivity contribution in [3.8, 4) is 0 Å². The van der Waals surface area contributed by atoms with E-state index in [4.69, 9.17) is 23.2 Å². The summed E-state index contributed by atoms with van der Waals surface area (Å²) in [6.07, 6.45) is 0. The van der Waals surface area contributed by atoms with Gasteiger partial charge in [-0.15, -0.1) is 0 Å². The van der Waals surface area contributed by atoms with Crippen molar-refractivity contribution in [3.05, 3.63) is 38.6 Å². The summed E-state index contributed by atoms with van der Waals surface area (Å²) in [5.41, 5.74) is -7.28. The van der Waals surface area contributed by atoms with Crippen molar-refractivity contribution >= 4 is 49.8 Å². The molecule has 0 saturated heterocycles. The molecule has 0 saturated carbocycles. The third-order valence-electron chi connectivity index (χ3n) is 2.42. The standard InChI is InChI=1S/C10H5Cl2F3N2O3S/c11-5-1-4-2-7(17-21(19,20)10(13,14)15)9(18)16-8(4)6(12)3-5/h1-3,17H,(H,16,18). The molecule has 2 aromatic rings. The van der Waals surface area contributed by atoms with Crippen molar-refractivity contribution in [2.45, 2.75) is 5.51 Å². The van der Waals surface area contributed by atoms with Crippen LogP contribution >= 0.6 is 23.2 Å². The van der Waals surface area contributed by atoms with Crippen LogP contribution in [0, 0.1) is 0 Å². The lowest BCUT2D eigenvalue weighted by atomic mass is 10.2. The molecule has 11 heteroatoms. The molecule has 0 spiro atoms. The zero-order valence-corrected chi connectivity index (χ0v) is 12.1. The van der Waals surface area contributed by atoms with E-state index in [1.807, 2.05) is 0 Å². The van der Waals surface area contributed by atoms with Crippen molar-refractivity contribution in [2.24, 2.45) is 0 Å². The Balaban J connectivity index is 2.62. The van der Waals surface area contributed by atoms with E-state index in [1.165, 1.54) is 16.9 Å². The minimum absolute atomic E-state index is 0.0693. The Morgan fingerprint density at radius 3 is 2.33 bits per heavy atom. The van der Waals surface area contributed by atoms with Crippen LogP contribution in [0.2, 0.25) is 10.0 Å². The van der Waals surface area contributed by atoms with Crippen LogP contribution in [0.15, 0.2) is 23.0 Å². The summed E-state index contributed by atoms with van der Waals surface area (Å²) in [6.45, 7) is 0. The average molecular weight is 361 g/mol. The van der Waals surface area contributed by atoms with E-state index in [-0.39, 0.29) is 20.9 Å². The van der Waals surface area contributed by atoms with Crippen LogP contribution in [0.5, 0.6) is 0 Å². The number of alkyl halides is 3. The molecule has 0 bridgehead atoms. The van der Waals surface area contributed by atoms with Gasteiger partial charge in [-0.05, 0) is 18.2 Å². The fraction of sp³-hybridized carbons (Fsp3) is 0.100. The Kier molecular flexibility index (Phi) is 3.85. The van der Waals surface area contributed by atoms with Gasteiger partial charge in [0, 0.05) is 10.4 Å². The SMILES string of the molecule is O=c1[nH]c2c(Cl)cc(Cl)cc2cc1NS(=O)(=O)C(F)(F)F. The number of anilines is 1. The molecular formula is C10H5Cl2F3N2O3S. The average Bonchev–Trinajstić information content (AvgIpc) is 2.29. The van der Waals surface area contributed by atoms with E-state index >= 15 is 0 Å². The summed E-state index contributed by atoms with van der Waals surface area (Å²) >= 11 is 11.5. The molecule has 5 nitrogen and oxygen atoms in total. The van der Waals surface area contributed by atoms with Gasteiger partial charge in [0.15, 0.2) is 0 Å². The number of benzene rings is 1. The van der Waals surface area contributed by atoms with Crippen LogP contribution in [0.3, 0.4) is 0 Å². The van der Waals surface area contributed by atoms with Gasteiger partial charge in [0.05, 0.1) is 10.5 Å². The Labute approximate surface area is 125 Å². The first-order valence-corrected chi connectivity index (χ1v) is 7.36. The molecule has 0 amide bonds. The molecule has 0 radical (unpaired) electrons. The maximum absolute atomic E-state index is 12.3. The Morgan fingerprint density at radius 1 is 1.14 bits per heavy atom. The van der Waals surface area contributed by atoms with Gasteiger partial charge in [-0.1, -0.05) is 23.2 Å². The third-order valence-corrected chi connectivity index (χ3v) is 4.03. The summed E-state index contributed by atoms with van der Waals surface area (Å²) in [4.78, 5) is 13.8. The van der Waals surface area contributed by atoms with Crippen LogP contribution in [0.4, 0.5) is 18.9 Å². The van der Waals surface area contributed by atoms with Gasteiger partial charge in [0.25, 0.3) is 5.56 Å². The van der Waals surface area contributed by atoms with Crippen LogP contribution < -0.4 is 10.3 Å². The molecule has 1 aromatic heterocycles. The van der Waals surface area contributed by atoms with Gasteiger partial charge in [0.1, 0.15) is 5.69 Å². The number of hydrogen-bond donors (Lipinski definition) is 2. The van der Waals surface area contributed by atoms with Crippen LogP contribution in [0.1, 0.15) is 0 Å². The summed E-state index contributed by atoms with van der Waals surface area (Å²) in [5.74, 6) is 0. The molecule has 1 heterocycles. The van der Waals surface area contributed by atoms with E-state index < -0.39 is 26.8 Å². The maximum atomic E-state index is 12.3. The maximum Gasteiger partial charge on any atom is 0.516 e. The van der Waals surface area contributed by atoms with Crippen LogP contribution in [0.25, 0.3) is 10.9 Å². The number of aromatic nitrogens is 1. The van der Waals surface area contributed by atoms with E-state index in [1.54, 1.807) is 0 Å².